The molecular formula is C18H14Cl2N4O. The molecule has 0 aliphatic carbocycles. The first-order valence-electron chi connectivity index (χ1n) is 7.47. The van der Waals surface area contributed by atoms with Crippen LogP contribution in [0.3, 0.4) is 0 Å². The molecule has 2 aromatic heterocycles. The lowest BCUT2D eigenvalue weighted by molar-refractivity contribution is 0.0950. The van der Waals surface area contributed by atoms with Gasteiger partial charge in [-0.05, 0) is 35.9 Å². The number of carbonyl (C=O) groups excluding carboxylic acids is 1. The molecule has 0 spiro atoms. The summed E-state index contributed by atoms with van der Waals surface area (Å²) in [4.78, 5) is 20.4. The number of pyridine rings is 2. The van der Waals surface area contributed by atoms with E-state index in [9.17, 15) is 4.79 Å². The molecule has 0 unspecified atom stereocenters. The van der Waals surface area contributed by atoms with Gasteiger partial charge in [-0.2, -0.15) is 0 Å². The fraction of sp³-hybridized carbons (Fsp3) is 0.0556. The Morgan fingerprint density at radius 3 is 2.64 bits per heavy atom. The molecule has 3 aromatic rings. The van der Waals surface area contributed by atoms with Crippen molar-refractivity contribution in [3.05, 3.63) is 82.2 Å². The lowest BCUT2D eigenvalue weighted by Gasteiger charge is -2.09. The number of benzene rings is 1. The Hall–Kier alpha value is -2.63. The summed E-state index contributed by atoms with van der Waals surface area (Å²) in [6.45, 7) is 0.408. The van der Waals surface area contributed by atoms with Crippen molar-refractivity contribution in [2.75, 3.05) is 5.32 Å². The summed E-state index contributed by atoms with van der Waals surface area (Å²) in [5.74, 6) is 0.358. The number of hydrogen-bond donors (Lipinski definition) is 2. The van der Waals surface area contributed by atoms with Gasteiger partial charge in [0, 0.05) is 25.1 Å². The minimum absolute atomic E-state index is 0.205. The molecule has 7 heteroatoms. The van der Waals surface area contributed by atoms with E-state index >= 15 is 0 Å². The molecule has 0 saturated heterocycles. The topological polar surface area (TPSA) is 66.9 Å². The first-order chi connectivity index (χ1) is 12.1. The highest BCUT2D eigenvalue weighted by atomic mass is 35.5. The molecule has 2 heterocycles. The molecule has 126 valence electrons. The molecule has 2 N–H and O–H groups in total. The van der Waals surface area contributed by atoms with Crippen molar-refractivity contribution in [1.82, 2.24) is 15.3 Å². The van der Waals surface area contributed by atoms with Crippen LogP contribution >= 0.6 is 23.2 Å². The van der Waals surface area contributed by atoms with Crippen molar-refractivity contribution in [3.63, 3.8) is 0 Å². The Morgan fingerprint density at radius 1 is 1.04 bits per heavy atom. The van der Waals surface area contributed by atoms with Crippen LogP contribution in [0, 0.1) is 0 Å². The van der Waals surface area contributed by atoms with Gasteiger partial charge in [-0.1, -0.05) is 35.3 Å². The third-order valence-electron chi connectivity index (χ3n) is 3.42. The molecule has 0 atom stereocenters. The lowest BCUT2D eigenvalue weighted by Crippen LogP contribution is -2.22. The summed E-state index contributed by atoms with van der Waals surface area (Å²) in [6.07, 6.45) is 4.90. The van der Waals surface area contributed by atoms with Gasteiger partial charge < -0.3 is 10.6 Å². The quantitative estimate of drug-likeness (QED) is 0.693. The summed E-state index contributed by atoms with van der Waals surface area (Å²) >= 11 is 12.1. The third-order valence-corrected chi connectivity index (χ3v) is 4.23. The smallest absolute Gasteiger partial charge is 0.253 e. The summed E-state index contributed by atoms with van der Waals surface area (Å²) in [5.41, 5.74) is 2.04. The van der Waals surface area contributed by atoms with Crippen molar-refractivity contribution in [2.24, 2.45) is 0 Å². The number of anilines is 2. The lowest BCUT2D eigenvalue weighted by atomic mass is 10.2. The molecule has 0 bridgehead atoms. The third kappa shape index (κ3) is 4.47. The van der Waals surface area contributed by atoms with E-state index in [4.69, 9.17) is 23.2 Å². The fourth-order valence-electron chi connectivity index (χ4n) is 2.13. The second-order valence-corrected chi connectivity index (χ2v) is 5.99. The van der Waals surface area contributed by atoms with Crippen LogP contribution < -0.4 is 10.6 Å². The van der Waals surface area contributed by atoms with E-state index in [1.165, 1.54) is 6.20 Å². The molecule has 0 fully saturated rings. The number of carbonyl (C=O) groups is 1. The predicted octanol–water partition coefficient (Wildman–Crippen LogP) is 4.46. The molecule has 0 aliphatic rings. The normalized spacial score (nSPS) is 10.3. The number of halogens is 2. The molecule has 0 radical (unpaired) electrons. The first-order valence-corrected chi connectivity index (χ1v) is 8.23. The highest BCUT2D eigenvalue weighted by Crippen LogP contribution is 2.31. The molecule has 0 saturated carbocycles. The largest absolute Gasteiger partial charge is 0.348 e. The van der Waals surface area contributed by atoms with E-state index in [-0.39, 0.29) is 5.91 Å². The maximum Gasteiger partial charge on any atom is 0.253 e. The zero-order valence-corrected chi connectivity index (χ0v) is 14.6. The fourth-order valence-corrected chi connectivity index (χ4v) is 2.48. The highest BCUT2D eigenvalue weighted by molar-refractivity contribution is 6.43. The average molecular weight is 373 g/mol. The number of hydrogen-bond acceptors (Lipinski definition) is 4. The van der Waals surface area contributed by atoms with E-state index < -0.39 is 0 Å². The van der Waals surface area contributed by atoms with Gasteiger partial charge >= 0.3 is 0 Å². The van der Waals surface area contributed by atoms with E-state index in [1.807, 2.05) is 12.1 Å². The van der Waals surface area contributed by atoms with Gasteiger partial charge in [0.25, 0.3) is 5.91 Å². The molecule has 0 aliphatic heterocycles. The Labute approximate surface area is 155 Å². The van der Waals surface area contributed by atoms with E-state index in [2.05, 4.69) is 20.6 Å². The molecular weight excluding hydrogens is 359 g/mol. The molecule has 5 nitrogen and oxygen atoms in total. The standard InChI is InChI=1S/C18H14Cl2N4O/c19-14-4-1-5-15(17(14)20)24-16-7-6-13(11-22-16)18(25)23-10-12-3-2-8-21-9-12/h1-9,11H,10H2,(H,22,24)(H,23,25). The Kier molecular flexibility index (Phi) is 5.48. The summed E-state index contributed by atoms with van der Waals surface area (Å²) < 4.78 is 0. The minimum Gasteiger partial charge on any atom is -0.348 e. The van der Waals surface area contributed by atoms with E-state index in [0.29, 0.717) is 33.7 Å². The van der Waals surface area contributed by atoms with Crippen LogP contribution in [0.5, 0.6) is 0 Å². The maximum absolute atomic E-state index is 12.2. The molecule has 1 aromatic carbocycles. The minimum atomic E-state index is -0.205. The van der Waals surface area contributed by atoms with Crippen LogP contribution in [0.1, 0.15) is 15.9 Å². The monoisotopic (exact) mass is 372 g/mol. The van der Waals surface area contributed by atoms with Crippen molar-refractivity contribution < 1.29 is 4.79 Å². The van der Waals surface area contributed by atoms with Crippen LogP contribution in [0.25, 0.3) is 0 Å². The van der Waals surface area contributed by atoms with Gasteiger partial charge in [-0.25, -0.2) is 4.98 Å². The van der Waals surface area contributed by atoms with E-state index in [0.717, 1.165) is 5.56 Å². The van der Waals surface area contributed by atoms with Crippen molar-refractivity contribution in [3.8, 4) is 0 Å². The van der Waals surface area contributed by atoms with Crippen LogP contribution in [0.15, 0.2) is 61.1 Å². The maximum atomic E-state index is 12.2. The van der Waals surface area contributed by atoms with Crippen molar-refractivity contribution in [1.29, 1.82) is 0 Å². The second kappa shape index (κ2) is 7.96. The first kappa shape index (κ1) is 17.2. The van der Waals surface area contributed by atoms with Crippen molar-refractivity contribution >= 4 is 40.6 Å². The average Bonchev–Trinajstić information content (AvgIpc) is 2.65. The summed E-state index contributed by atoms with van der Waals surface area (Å²) in [7, 11) is 0. The van der Waals surface area contributed by atoms with Crippen LogP contribution in [-0.2, 0) is 6.54 Å². The summed E-state index contributed by atoms with van der Waals surface area (Å²) in [5, 5.41) is 6.77. The molecule has 3 rings (SSSR count). The van der Waals surface area contributed by atoms with E-state index in [1.54, 1.807) is 42.7 Å². The SMILES string of the molecule is O=C(NCc1cccnc1)c1ccc(Nc2cccc(Cl)c2Cl)nc1. The summed E-state index contributed by atoms with van der Waals surface area (Å²) in [6, 6.07) is 12.4. The van der Waals surface area contributed by atoms with Gasteiger partial charge in [-0.3, -0.25) is 9.78 Å². The number of aromatic nitrogens is 2. The molecule has 1 amide bonds. The predicted molar refractivity (Wildman–Crippen MR) is 99.4 cm³/mol. The Morgan fingerprint density at radius 2 is 1.92 bits per heavy atom. The zero-order chi connectivity index (χ0) is 17.6. The van der Waals surface area contributed by atoms with Gasteiger partial charge in [0.1, 0.15) is 5.82 Å². The van der Waals surface area contributed by atoms with Crippen LogP contribution in [0.4, 0.5) is 11.5 Å². The number of amides is 1. The Bertz CT molecular complexity index is 870. The highest BCUT2D eigenvalue weighted by Gasteiger charge is 2.08. The second-order valence-electron chi connectivity index (χ2n) is 5.20. The van der Waals surface area contributed by atoms with Crippen molar-refractivity contribution in [2.45, 2.75) is 6.54 Å². The van der Waals surface area contributed by atoms with Gasteiger partial charge in [0.2, 0.25) is 0 Å². The number of nitrogens with zero attached hydrogens (tertiary/aromatic N) is 2. The van der Waals surface area contributed by atoms with Gasteiger partial charge in [0.05, 0.1) is 21.3 Å². The van der Waals surface area contributed by atoms with Crippen LogP contribution in [0.2, 0.25) is 10.0 Å². The van der Waals surface area contributed by atoms with Gasteiger partial charge in [-0.15, -0.1) is 0 Å². The Balaban J connectivity index is 1.63. The number of nitrogens with one attached hydrogen (secondary N) is 2. The number of rotatable bonds is 5. The molecule has 25 heavy (non-hydrogen) atoms. The van der Waals surface area contributed by atoms with Gasteiger partial charge in [0.15, 0.2) is 0 Å². The van der Waals surface area contributed by atoms with Crippen LogP contribution in [-0.4, -0.2) is 15.9 Å². The zero-order valence-electron chi connectivity index (χ0n) is 13.0.